The van der Waals surface area contributed by atoms with Gasteiger partial charge in [-0.3, -0.25) is 4.79 Å². The first kappa shape index (κ1) is 20.5. The highest BCUT2D eigenvalue weighted by molar-refractivity contribution is 7.13. The Morgan fingerprint density at radius 2 is 1.79 bits per heavy atom. The number of carbonyl (C=O) groups is 1. The number of thiazole rings is 1. The third kappa shape index (κ3) is 4.43. The summed E-state index contributed by atoms with van der Waals surface area (Å²) in [6.45, 7) is 0.286. The fraction of sp³-hybridized carbons (Fsp3) is 0.238. The van der Waals surface area contributed by atoms with Crippen molar-refractivity contribution in [3.63, 3.8) is 0 Å². The van der Waals surface area contributed by atoms with Gasteiger partial charge in [0, 0.05) is 17.5 Å². The predicted molar refractivity (Wildman–Crippen MR) is 111 cm³/mol. The van der Waals surface area contributed by atoms with Gasteiger partial charge in [0.05, 0.1) is 34.0 Å². The molecule has 1 amide bonds. The number of carbonyl (C=O) groups excluding carboxylic acids is 1. The van der Waals surface area contributed by atoms with E-state index in [0.29, 0.717) is 33.7 Å². The molecular formula is C21H22N2O5S. The summed E-state index contributed by atoms with van der Waals surface area (Å²) < 4.78 is 21.4. The van der Waals surface area contributed by atoms with Gasteiger partial charge in [-0.05, 0) is 30.3 Å². The van der Waals surface area contributed by atoms with Crippen molar-refractivity contribution in [2.75, 3.05) is 28.4 Å². The summed E-state index contributed by atoms with van der Waals surface area (Å²) in [5.74, 6) is 2.27. The van der Waals surface area contributed by atoms with E-state index in [1.807, 2.05) is 24.3 Å². The van der Waals surface area contributed by atoms with Crippen LogP contribution in [0.5, 0.6) is 23.0 Å². The molecule has 0 aliphatic heterocycles. The summed E-state index contributed by atoms with van der Waals surface area (Å²) >= 11 is 1.36. The molecule has 0 fully saturated rings. The van der Waals surface area contributed by atoms with E-state index in [1.54, 1.807) is 46.0 Å². The van der Waals surface area contributed by atoms with Gasteiger partial charge in [0.1, 0.15) is 22.2 Å². The molecule has 0 saturated heterocycles. The van der Waals surface area contributed by atoms with Crippen molar-refractivity contribution in [1.29, 1.82) is 0 Å². The minimum absolute atomic E-state index is 0.278. The molecule has 0 radical (unpaired) electrons. The molecule has 7 nitrogen and oxygen atoms in total. The van der Waals surface area contributed by atoms with E-state index in [1.165, 1.54) is 11.3 Å². The summed E-state index contributed by atoms with van der Waals surface area (Å²) in [5, 5.41) is 5.26. The van der Waals surface area contributed by atoms with Gasteiger partial charge in [0.25, 0.3) is 5.91 Å². The Morgan fingerprint density at radius 1 is 1.00 bits per heavy atom. The van der Waals surface area contributed by atoms with E-state index in [2.05, 4.69) is 10.3 Å². The van der Waals surface area contributed by atoms with Gasteiger partial charge < -0.3 is 24.3 Å². The first-order chi connectivity index (χ1) is 14.1. The highest BCUT2D eigenvalue weighted by Gasteiger charge is 2.17. The van der Waals surface area contributed by atoms with E-state index in [0.717, 1.165) is 11.1 Å². The zero-order chi connectivity index (χ0) is 20.8. The molecule has 1 heterocycles. The Morgan fingerprint density at radius 3 is 2.48 bits per heavy atom. The second kappa shape index (κ2) is 9.29. The number of benzene rings is 2. The molecule has 1 N–H and O–H groups in total. The Kier molecular flexibility index (Phi) is 6.56. The van der Waals surface area contributed by atoms with E-state index >= 15 is 0 Å². The molecule has 29 heavy (non-hydrogen) atoms. The molecule has 0 spiro atoms. The van der Waals surface area contributed by atoms with Gasteiger partial charge in [0.2, 0.25) is 0 Å². The summed E-state index contributed by atoms with van der Waals surface area (Å²) in [6.07, 6.45) is 0. The molecule has 1 aromatic heterocycles. The maximum atomic E-state index is 12.6. The van der Waals surface area contributed by atoms with Gasteiger partial charge in [-0.15, -0.1) is 11.3 Å². The number of aromatic nitrogens is 1. The largest absolute Gasteiger partial charge is 0.497 e. The van der Waals surface area contributed by atoms with Gasteiger partial charge in [-0.2, -0.15) is 0 Å². The molecule has 8 heteroatoms. The summed E-state index contributed by atoms with van der Waals surface area (Å²) in [5.41, 5.74) is 1.91. The molecule has 3 rings (SSSR count). The molecule has 152 valence electrons. The van der Waals surface area contributed by atoms with E-state index in [9.17, 15) is 4.79 Å². The smallest absolute Gasteiger partial charge is 0.271 e. The number of rotatable bonds is 8. The number of ether oxygens (including phenoxy) is 4. The lowest BCUT2D eigenvalue weighted by atomic mass is 10.2. The minimum Gasteiger partial charge on any atom is -0.497 e. The third-order valence-corrected chi connectivity index (χ3v) is 5.17. The Bertz CT molecular complexity index is 1000. The van der Waals surface area contributed by atoms with E-state index in [4.69, 9.17) is 18.9 Å². The van der Waals surface area contributed by atoms with Crippen LogP contribution in [0, 0.1) is 0 Å². The molecule has 0 saturated carbocycles. The minimum atomic E-state index is -0.278. The molecule has 0 atom stereocenters. The first-order valence-corrected chi connectivity index (χ1v) is 9.65. The molecular weight excluding hydrogens is 392 g/mol. The van der Waals surface area contributed by atoms with Crippen LogP contribution in [-0.4, -0.2) is 39.3 Å². The molecule has 0 aliphatic carbocycles. The normalized spacial score (nSPS) is 10.3. The SMILES string of the molecule is COc1ccc(OC)c(CNC(=O)c2csc(-c3cccc(OC)c3OC)n2)c1. The van der Waals surface area contributed by atoms with Crippen molar-refractivity contribution < 1.29 is 23.7 Å². The lowest BCUT2D eigenvalue weighted by Crippen LogP contribution is -2.23. The van der Waals surface area contributed by atoms with Crippen molar-refractivity contribution in [3.8, 4) is 33.6 Å². The van der Waals surface area contributed by atoms with Crippen LogP contribution in [0.2, 0.25) is 0 Å². The van der Waals surface area contributed by atoms with Crippen molar-refractivity contribution in [1.82, 2.24) is 10.3 Å². The Hall–Kier alpha value is -3.26. The average Bonchev–Trinajstić information content (AvgIpc) is 3.26. The second-order valence-corrected chi connectivity index (χ2v) is 6.80. The van der Waals surface area contributed by atoms with Crippen molar-refractivity contribution >= 4 is 17.2 Å². The van der Waals surface area contributed by atoms with Crippen LogP contribution in [0.15, 0.2) is 41.8 Å². The summed E-state index contributed by atoms with van der Waals surface area (Å²) in [6, 6.07) is 11.0. The molecule has 0 bridgehead atoms. The number of amides is 1. The zero-order valence-electron chi connectivity index (χ0n) is 16.6. The lowest BCUT2D eigenvalue weighted by Gasteiger charge is -2.11. The van der Waals surface area contributed by atoms with Crippen LogP contribution < -0.4 is 24.3 Å². The standard InChI is InChI=1S/C21H22N2O5S/c1-25-14-8-9-17(26-2)13(10-14)11-22-20(24)16-12-29-21(23-16)15-6-5-7-18(27-3)19(15)28-4/h5-10,12H,11H2,1-4H3,(H,22,24). The third-order valence-electron chi connectivity index (χ3n) is 4.30. The monoisotopic (exact) mass is 414 g/mol. The quantitative estimate of drug-likeness (QED) is 0.604. The molecule has 0 unspecified atom stereocenters. The summed E-state index contributed by atoms with van der Waals surface area (Å²) in [7, 11) is 6.33. The van der Waals surface area contributed by atoms with Crippen LogP contribution in [-0.2, 0) is 6.54 Å². The number of para-hydroxylation sites is 1. The Balaban J connectivity index is 1.77. The van der Waals surface area contributed by atoms with Gasteiger partial charge in [0.15, 0.2) is 11.5 Å². The number of nitrogens with zero attached hydrogens (tertiary/aromatic N) is 1. The predicted octanol–water partition coefficient (Wildman–Crippen LogP) is 3.77. The van der Waals surface area contributed by atoms with E-state index in [-0.39, 0.29) is 12.5 Å². The van der Waals surface area contributed by atoms with Crippen LogP contribution in [0.25, 0.3) is 10.6 Å². The van der Waals surface area contributed by atoms with Gasteiger partial charge in [-0.25, -0.2) is 4.98 Å². The molecule has 0 aliphatic rings. The fourth-order valence-electron chi connectivity index (χ4n) is 2.84. The number of methoxy groups -OCH3 is 4. The zero-order valence-corrected chi connectivity index (χ0v) is 17.5. The number of nitrogens with one attached hydrogen (secondary N) is 1. The average molecular weight is 414 g/mol. The van der Waals surface area contributed by atoms with Crippen molar-refractivity contribution in [2.24, 2.45) is 0 Å². The van der Waals surface area contributed by atoms with Crippen LogP contribution in [0.4, 0.5) is 0 Å². The molecule has 3 aromatic rings. The highest BCUT2D eigenvalue weighted by atomic mass is 32.1. The van der Waals surface area contributed by atoms with Crippen LogP contribution in [0.3, 0.4) is 0 Å². The number of hydrogen-bond acceptors (Lipinski definition) is 7. The second-order valence-electron chi connectivity index (χ2n) is 5.94. The summed E-state index contributed by atoms with van der Waals surface area (Å²) in [4.78, 5) is 17.1. The Labute approximate surface area is 173 Å². The maximum Gasteiger partial charge on any atom is 0.271 e. The van der Waals surface area contributed by atoms with Gasteiger partial charge >= 0.3 is 0 Å². The van der Waals surface area contributed by atoms with Crippen LogP contribution in [0.1, 0.15) is 16.1 Å². The van der Waals surface area contributed by atoms with Gasteiger partial charge in [-0.1, -0.05) is 6.07 Å². The van der Waals surface area contributed by atoms with E-state index < -0.39 is 0 Å². The number of hydrogen-bond donors (Lipinski definition) is 1. The lowest BCUT2D eigenvalue weighted by molar-refractivity contribution is 0.0946. The van der Waals surface area contributed by atoms with Crippen molar-refractivity contribution in [3.05, 3.63) is 53.0 Å². The van der Waals surface area contributed by atoms with Crippen molar-refractivity contribution in [2.45, 2.75) is 6.54 Å². The molecule has 2 aromatic carbocycles. The van der Waals surface area contributed by atoms with Crippen LogP contribution >= 0.6 is 11.3 Å². The fourth-order valence-corrected chi connectivity index (χ4v) is 3.67. The first-order valence-electron chi connectivity index (χ1n) is 8.77. The highest BCUT2D eigenvalue weighted by Crippen LogP contribution is 2.39. The maximum absolute atomic E-state index is 12.6. The topological polar surface area (TPSA) is 78.9 Å².